The molecule has 12 heteroatoms. The number of phenolic OH excluding ortho intramolecular Hbond substituents is 1. The van der Waals surface area contributed by atoms with Crippen molar-refractivity contribution in [3.05, 3.63) is 98.6 Å². The largest absolute Gasteiger partial charge is 0.508 e. The number of alkyl halides is 1. The van der Waals surface area contributed by atoms with E-state index in [1.54, 1.807) is 30.3 Å². The van der Waals surface area contributed by atoms with E-state index in [9.17, 15) is 18.3 Å². The first kappa shape index (κ1) is 65.5. The fraction of sp³-hybridized carbons (Fsp3) is 0.643. The first-order valence-corrected chi connectivity index (χ1v) is 34.2. The maximum absolute atomic E-state index is 12.8. The molecule has 68 heavy (non-hydrogen) atoms. The van der Waals surface area contributed by atoms with Crippen molar-refractivity contribution in [1.82, 2.24) is 0 Å². The number of halogens is 4. The molecular formula is C56H96ClF3N2O3SSi2. The van der Waals surface area contributed by atoms with Crippen LogP contribution in [-0.2, 0) is 24.0 Å². The average Bonchev–Trinajstić information content (AvgIpc) is 3.91. The molecule has 2 saturated carbocycles. The number of phenols is 1. The number of furan rings is 1. The van der Waals surface area contributed by atoms with Crippen LogP contribution in [0.1, 0.15) is 147 Å². The van der Waals surface area contributed by atoms with Gasteiger partial charge in [-0.2, -0.15) is 4.39 Å². The summed E-state index contributed by atoms with van der Waals surface area (Å²) in [6, 6.07) is 17.6. The monoisotopic (exact) mass is 1020 g/mol. The van der Waals surface area contributed by atoms with Gasteiger partial charge < -0.3 is 25.7 Å². The Morgan fingerprint density at radius 3 is 1.90 bits per heavy atom. The Morgan fingerprint density at radius 1 is 0.779 bits per heavy atom. The standard InChI is InChI=1S/C10H16OSi.C9H17F.C9H19N.C8H10FN.C8H20OSi.C6H7ClO.C6H7FS/c1-8-5-9(11)7-10(6-8)12(2,3)4;1-8-4-2-3-5-9(10)7-6-8;1-2-3-8-4-6-9(10)7-5-8;1-2-6-3-4-7(10)5-8(6)9;1-5-6-9-7-8-10(2,3)4;1-2-5-3-4-6(7)8-5;1-2-5-3-6(7)8-4-5/h5-7,11H,1-4H3;8-9H,2-7H2,1H3;8-9H,2-7,10H2,1H3;3-5H,2,10H2,1H3;5-8H2,1-4H3;2*3-4H,2H2,1H3/t;8-,9?;;;;;/m.0...../s1. The Labute approximate surface area is 424 Å². The summed E-state index contributed by atoms with van der Waals surface area (Å²) in [4.78, 5) is 0. The van der Waals surface area contributed by atoms with Crippen LogP contribution in [0.2, 0.25) is 50.5 Å². The maximum atomic E-state index is 12.8. The number of benzene rings is 2. The molecule has 0 aliphatic heterocycles. The zero-order valence-electron chi connectivity index (χ0n) is 44.9. The molecule has 390 valence electrons. The zero-order valence-corrected chi connectivity index (χ0v) is 48.4. The third-order valence-electron chi connectivity index (χ3n) is 11.8. The molecular weight excluding hydrogens is 929 g/mol. The molecule has 5 N–H and O–H groups in total. The second-order valence-corrected chi connectivity index (χ2v) is 32.7. The van der Waals surface area contributed by atoms with Gasteiger partial charge >= 0.3 is 0 Å². The Balaban J connectivity index is 0.000000773. The lowest BCUT2D eigenvalue weighted by molar-refractivity contribution is 0.147. The lowest BCUT2D eigenvalue weighted by Gasteiger charge is -2.25. The molecule has 2 atom stereocenters. The number of hydrogen-bond donors (Lipinski definition) is 3. The molecule has 2 aliphatic rings. The minimum absolute atomic E-state index is 0.0816. The molecule has 0 spiro atoms. The number of ether oxygens (including phenoxy) is 1. The van der Waals surface area contributed by atoms with Gasteiger partial charge in [0.05, 0.1) is 8.07 Å². The summed E-state index contributed by atoms with van der Waals surface area (Å²) < 4.78 is 48.1. The normalized spacial score (nSPS) is 18.0. The molecule has 0 amide bonds. The van der Waals surface area contributed by atoms with Gasteiger partial charge in [-0.3, -0.25) is 0 Å². The summed E-state index contributed by atoms with van der Waals surface area (Å²) in [7, 11) is -2.09. The van der Waals surface area contributed by atoms with E-state index in [4.69, 9.17) is 32.2 Å². The lowest BCUT2D eigenvalue weighted by atomic mass is 9.84. The zero-order chi connectivity index (χ0) is 51.7. The van der Waals surface area contributed by atoms with Gasteiger partial charge in [0.2, 0.25) is 0 Å². The highest BCUT2D eigenvalue weighted by atomic mass is 35.5. The Kier molecular flexibility index (Phi) is 35.9. The topological polar surface area (TPSA) is 94.6 Å². The Bertz CT molecular complexity index is 1770. The van der Waals surface area contributed by atoms with E-state index in [0.717, 1.165) is 98.2 Å². The van der Waals surface area contributed by atoms with Gasteiger partial charge in [0.25, 0.3) is 0 Å². The van der Waals surface area contributed by atoms with Crippen molar-refractivity contribution in [2.75, 3.05) is 18.9 Å². The molecule has 0 radical (unpaired) electrons. The number of nitrogen functional groups attached to an aromatic ring is 1. The van der Waals surface area contributed by atoms with Gasteiger partial charge in [-0.25, -0.2) is 8.78 Å². The number of thiophene rings is 1. The molecule has 5 nitrogen and oxygen atoms in total. The molecule has 0 bridgehead atoms. The SMILES string of the molecule is CCCC1CCC(N)CC1.CCCOCC[Si](C)(C)C.CCc1ccc(Cl)o1.CCc1ccc(N)cc1F.CCc1csc(F)c1.C[C@H]1CCCCC(F)CC1.Cc1cc(O)cc([Si](C)(C)C)c1. The summed E-state index contributed by atoms with van der Waals surface area (Å²) in [6.45, 7) is 30.5. The molecule has 6 rings (SSSR count). The molecule has 2 aromatic heterocycles. The predicted octanol–water partition coefficient (Wildman–Crippen LogP) is 17.5. The first-order chi connectivity index (χ1) is 32.0. The highest BCUT2D eigenvalue weighted by Crippen LogP contribution is 2.27. The minimum Gasteiger partial charge on any atom is -0.508 e. The van der Waals surface area contributed by atoms with Gasteiger partial charge in [0.15, 0.2) is 10.4 Å². The van der Waals surface area contributed by atoms with Crippen LogP contribution >= 0.6 is 22.9 Å². The highest BCUT2D eigenvalue weighted by molar-refractivity contribution is 7.08. The van der Waals surface area contributed by atoms with Crippen molar-refractivity contribution in [2.24, 2.45) is 17.6 Å². The minimum atomic E-state index is -1.26. The van der Waals surface area contributed by atoms with Crippen LogP contribution in [0.4, 0.5) is 18.9 Å². The van der Waals surface area contributed by atoms with Crippen LogP contribution in [0.15, 0.2) is 64.4 Å². The smallest absolute Gasteiger partial charge is 0.193 e. The maximum Gasteiger partial charge on any atom is 0.193 e. The van der Waals surface area contributed by atoms with Crippen molar-refractivity contribution in [1.29, 1.82) is 0 Å². The van der Waals surface area contributed by atoms with E-state index in [0.29, 0.717) is 34.7 Å². The lowest BCUT2D eigenvalue weighted by Crippen LogP contribution is -2.37. The molecule has 2 fully saturated rings. The van der Waals surface area contributed by atoms with Gasteiger partial charge in [0.1, 0.15) is 23.5 Å². The summed E-state index contributed by atoms with van der Waals surface area (Å²) in [5.74, 6) is 2.90. The molecule has 4 aromatic rings. The number of rotatable bonds is 11. The quantitative estimate of drug-likeness (QED) is 0.0790. The fourth-order valence-electron chi connectivity index (χ4n) is 7.24. The van der Waals surface area contributed by atoms with Crippen LogP contribution in [-0.4, -0.2) is 46.7 Å². The van der Waals surface area contributed by atoms with Gasteiger partial charge in [-0.15, -0.1) is 11.3 Å². The van der Waals surface area contributed by atoms with E-state index in [1.807, 2.05) is 45.2 Å². The second kappa shape index (κ2) is 37.3. The van der Waals surface area contributed by atoms with Crippen molar-refractivity contribution >= 4 is 50.0 Å². The number of nitrogens with two attached hydrogens (primary N) is 2. The molecule has 1 unspecified atom stereocenters. The summed E-state index contributed by atoms with van der Waals surface area (Å²) >= 11 is 6.63. The van der Waals surface area contributed by atoms with Crippen molar-refractivity contribution in [3.8, 4) is 5.75 Å². The van der Waals surface area contributed by atoms with Crippen LogP contribution in [0.25, 0.3) is 0 Å². The van der Waals surface area contributed by atoms with Crippen molar-refractivity contribution in [3.63, 3.8) is 0 Å². The van der Waals surface area contributed by atoms with E-state index < -0.39 is 22.3 Å². The molecule has 2 aliphatic carbocycles. The molecule has 2 aromatic carbocycles. The van der Waals surface area contributed by atoms with Crippen molar-refractivity contribution in [2.45, 2.75) is 209 Å². The molecule has 0 saturated heterocycles. The number of aryl methyl sites for hydroxylation is 4. The van der Waals surface area contributed by atoms with Crippen LogP contribution < -0.4 is 16.7 Å². The van der Waals surface area contributed by atoms with Gasteiger partial charge in [-0.1, -0.05) is 130 Å². The molecule has 2 heterocycles. The summed E-state index contributed by atoms with van der Waals surface area (Å²) in [5, 5.41) is 12.9. The van der Waals surface area contributed by atoms with Gasteiger partial charge in [-0.05, 0) is 165 Å². The van der Waals surface area contributed by atoms with E-state index in [-0.39, 0.29) is 10.9 Å². The third-order valence-corrected chi connectivity index (χ3v) is 16.5. The summed E-state index contributed by atoms with van der Waals surface area (Å²) in [6.07, 6.45) is 17.6. The van der Waals surface area contributed by atoms with E-state index >= 15 is 0 Å². The third kappa shape index (κ3) is 34.7. The van der Waals surface area contributed by atoms with Crippen molar-refractivity contribution < 1.29 is 27.4 Å². The number of anilines is 1. The second-order valence-electron chi connectivity index (χ2n) is 20.7. The first-order valence-electron chi connectivity index (χ1n) is 25.8. The van der Waals surface area contributed by atoms with Gasteiger partial charge in [0, 0.05) is 39.4 Å². The Morgan fingerprint density at radius 2 is 1.44 bits per heavy atom. The van der Waals surface area contributed by atoms with Crippen LogP contribution in [0.5, 0.6) is 5.75 Å². The highest BCUT2D eigenvalue weighted by Gasteiger charge is 2.18. The predicted molar refractivity (Wildman–Crippen MR) is 299 cm³/mol. The van der Waals surface area contributed by atoms with Crippen LogP contribution in [0.3, 0.4) is 0 Å². The number of hydrogen-bond acceptors (Lipinski definition) is 6. The average molecular weight is 1030 g/mol. The Hall–Kier alpha value is -2.55. The number of aromatic hydroxyl groups is 1. The van der Waals surface area contributed by atoms with E-state index in [1.165, 1.54) is 68.7 Å². The fourth-order valence-corrected chi connectivity index (χ4v) is 10.1. The van der Waals surface area contributed by atoms with Crippen LogP contribution in [0, 0.1) is 29.7 Å². The summed E-state index contributed by atoms with van der Waals surface area (Å²) in [5.41, 5.74) is 14.6. The van der Waals surface area contributed by atoms with E-state index in [2.05, 4.69) is 66.1 Å².